The van der Waals surface area contributed by atoms with Gasteiger partial charge in [-0.15, -0.1) is 0 Å². The van der Waals surface area contributed by atoms with Crippen molar-refractivity contribution in [1.29, 1.82) is 0 Å². The third-order valence-corrected chi connectivity index (χ3v) is 5.24. The third-order valence-electron chi connectivity index (χ3n) is 5.24. The highest BCUT2D eigenvalue weighted by Gasteiger charge is 2.12. The number of carbonyl (C=O) groups is 2. The van der Waals surface area contributed by atoms with Crippen LogP contribution >= 0.6 is 0 Å². The first-order valence-corrected chi connectivity index (χ1v) is 12.3. The van der Waals surface area contributed by atoms with Crippen LogP contribution in [-0.2, 0) is 9.47 Å². The molecule has 1 rings (SSSR count). The molecule has 1 aromatic carbocycles. The van der Waals surface area contributed by atoms with Crippen molar-refractivity contribution in [3.05, 3.63) is 47.5 Å². The first-order chi connectivity index (χ1) is 15.2. The van der Waals surface area contributed by atoms with E-state index in [9.17, 15) is 9.59 Å². The summed E-state index contributed by atoms with van der Waals surface area (Å²) in [5, 5.41) is 0. The molecule has 174 valence electrons. The van der Waals surface area contributed by atoms with E-state index in [1.165, 1.54) is 57.8 Å². The van der Waals surface area contributed by atoms with Crippen LogP contribution in [-0.4, -0.2) is 25.2 Å². The van der Waals surface area contributed by atoms with Crippen LogP contribution < -0.4 is 0 Å². The van der Waals surface area contributed by atoms with Crippen molar-refractivity contribution < 1.29 is 19.1 Å². The van der Waals surface area contributed by atoms with Crippen LogP contribution in [0.1, 0.15) is 118 Å². The molecule has 4 heteroatoms. The molecule has 0 atom stereocenters. The lowest BCUT2D eigenvalue weighted by Gasteiger charge is -2.07. The van der Waals surface area contributed by atoms with E-state index >= 15 is 0 Å². The highest BCUT2D eigenvalue weighted by molar-refractivity contribution is 5.95. The lowest BCUT2D eigenvalue weighted by atomic mass is 10.1. The monoisotopic (exact) mass is 430 g/mol. The number of unbranched alkanes of at least 4 members (excludes halogenated alkanes) is 10. The molecular formula is C27H42O4. The van der Waals surface area contributed by atoms with Gasteiger partial charge in [-0.25, -0.2) is 9.59 Å². The molecule has 0 aliphatic heterocycles. The zero-order chi connectivity index (χ0) is 22.6. The number of hydrogen-bond acceptors (Lipinski definition) is 4. The van der Waals surface area contributed by atoms with Crippen molar-refractivity contribution in [1.82, 2.24) is 0 Å². The van der Waals surface area contributed by atoms with Gasteiger partial charge in [0.25, 0.3) is 0 Å². The Balaban J connectivity index is 2.15. The minimum absolute atomic E-state index is 0.336. The molecule has 0 radical (unpaired) electrons. The van der Waals surface area contributed by atoms with Crippen LogP contribution in [0.25, 0.3) is 0 Å². The molecule has 0 aliphatic carbocycles. The second kappa shape index (κ2) is 18.7. The number of ether oxygens (including phenoxy) is 2. The fourth-order valence-corrected chi connectivity index (χ4v) is 3.38. The Kier molecular flexibility index (Phi) is 16.2. The minimum Gasteiger partial charge on any atom is -0.462 e. The van der Waals surface area contributed by atoms with E-state index in [0.717, 1.165) is 19.3 Å². The van der Waals surface area contributed by atoms with E-state index in [-0.39, 0.29) is 5.97 Å². The van der Waals surface area contributed by atoms with E-state index < -0.39 is 5.97 Å². The smallest absolute Gasteiger partial charge is 0.338 e. The normalized spacial score (nSPS) is 11.0. The topological polar surface area (TPSA) is 52.6 Å². The zero-order valence-corrected chi connectivity index (χ0v) is 19.7. The molecule has 0 N–H and O–H groups in total. The van der Waals surface area contributed by atoms with Crippen molar-refractivity contribution in [3.8, 4) is 0 Å². The summed E-state index contributed by atoms with van der Waals surface area (Å²) in [6.07, 6.45) is 19.6. The molecule has 0 saturated heterocycles. The lowest BCUT2D eigenvalue weighted by Crippen LogP contribution is -2.10. The SMILES string of the molecule is CC/C=C\CCOC(=O)c1cccc(C(=O)OCCCCCCCCCCCCC)c1. The Morgan fingerprint density at radius 1 is 0.710 bits per heavy atom. The van der Waals surface area contributed by atoms with Crippen LogP contribution in [0.2, 0.25) is 0 Å². The summed E-state index contributed by atoms with van der Waals surface area (Å²) in [4.78, 5) is 24.4. The maximum absolute atomic E-state index is 12.3. The Morgan fingerprint density at radius 2 is 1.23 bits per heavy atom. The Morgan fingerprint density at radius 3 is 1.77 bits per heavy atom. The number of esters is 2. The molecule has 0 spiro atoms. The van der Waals surface area contributed by atoms with Crippen molar-refractivity contribution in [2.24, 2.45) is 0 Å². The number of allylic oxidation sites excluding steroid dienone is 1. The Bertz CT molecular complexity index is 636. The molecule has 0 saturated carbocycles. The second-order valence-electron chi connectivity index (χ2n) is 8.06. The summed E-state index contributed by atoms with van der Waals surface area (Å²) in [5.74, 6) is -0.794. The van der Waals surface area contributed by atoms with Crippen molar-refractivity contribution in [2.75, 3.05) is 13.2 Å². The van der Waals surface area contributed by atoms with Crippen LogP contribution in [0.4, 0.5) is 0 Å². The average Bonchev–Trinajstić information content (AvgIpc) is 2.79. The summed E-state index contributed by atoms with van der Waals surface area (Å²) < 4.78 is 10.6. The second-order valence-corrected chi connectivity index (χ2v) is 8.06. The van der Waals surface area contributed by atoms with Gasteiger partial charge in [-0.3, -0.25) is 0 Å². The number of benzene rings is 1. The predicted molar refractivity (Wildman–Crippen MR) is 128 cm³/mol. The number of hydrogen-bond donors (Lipinski definition) is 0. The van der Waals surface area contributed by atoms with E-state index in [1.807, 2.05) is 12.2 Å². The standard InChI is InChI=1S/C27H42O4/c1-3-5-7-9-10-11-12-13-14-15-17-22-31-27(29)25-20-18-19-24(23-25)26(28)30-21-16-8-6-4-2/h6,8,18-20,23H,3-5,7,9-17,21-22H2,1-2H3/b8-6-. The number of rotatable bonds is 18. The van der Waals surface area contributed by atoms with Crippen LogP contribution in [0, 0.1) is 0 Å². The Labute approximate surface area is 189 Å². The van der Waals surface area contributed by atoms with Crippen molar-refractivity contribution >= 4 is 11.9 Å². The summed E-state index contributed by atoms with van der Waals surface area (Å²) in [6, 6.07) is 6.56. The molecule has 0 aliphatic rings. The fraction of sp³-hybridized carbons (Fsp3) is 0.630. The molecule has 0 bridgehead atoms. The maximum atomic E-state index is 12.3. The van der Waals surface area contributed by atoms with E-state index in [0.29, 0.717) is 30.8 Å². The molecule has 0 fully saturated rings. The molecular weight excluding hydrogens is 388 g/mol. The van der Waals surface area contributed by atoms with Crippen LogP contribution in [0.5, 0.6) is 0 Å². The minimum atomic E-state index is -0.412. The van der Waals surface area contributed by atoms with Gasteiger partial charge in [0.05, 0.1) is 24.3 Å². The van der Waals surface area contributed by atoms with Crippen LogP contribution in [0.15, 0.2) is 36.4 Å². The summed E-state index contributed by atoms with van der Waals surface area (Å²) in [7, 11) is 0. The highest BCUT2D eigenvalue weighted by Crippen LogP contribution is 2.12. The molecule has 0 unspecified atom stereocenters. The van der Waals surface area contributed by atoms with Gasteiger partial charge in [-0.2, -0.15) is 0 Å². The summed E-state index contributed by atoms with van der Waals surface area (Å²) in [5.41, 5.74) is 0.770. The van der Waals surface area contributed by atoms with Gasteiger partial charge in [0.2, 0.25) is 0 Å². The maximum Gasteiger partial charge on any atom is 0.338 e. The highest BCUT2D eigenvalue weighted by atomic mass is 16.5. The Hall–Kier alpha value is -2.10. The zero-order valence-electron chi connectivity index (χ0n) is 19.7. The van der Waals surface area contributed by atoms with Gasteiger partial charge in [0.1, 0.15) is 0 Å². The summed E-state index contributed by atoms with van der Waals surface area (Å²) in [6.45, 7) is 5.07. The fourth-order valence-electron chi connectivity index (χ4n) is 3.38. The van der Waals surface area contributed by atoms with E-state index in [4.69, 9.17) is 9.47 Å². The van der Waals surface area contributed by atoms with E-state index in [1.54, 1.807) is 24.3 Å². The van der Waals surface area contributed by atoms with E-state index in [2.05, 4.69) is 13.8 Å². The summed E-state index contributed by atoms with van der Waals surface area (Å²) >= 11 is 0. The molecule has 31 heavy (non-hydrogen) atoms. The van der Waals surface area contributed by atoms with Gasteiger partial charge < -0.3 is 9.47 Å². The predicted octanol–water partition coefficient (Wildman–Crippen LogP) is 7.67. The van der Waals surface area contributed by atoms with Gasteiger partial charge in [-0.05, 0) is 37.5 Å². The number of carbonyl (C=O) groups excluding carboxylic acids is 2. The van der Waals surface area contributed by atoms with Crippen molar-refractivity contribution in [3.63, 3.8) is 0 Å². The lowest BCUT2D eigenvalue weighted by molar-refractivity contribution is 0.0497. The van der Waals surface area contributed by atoms with Gasteiger partial charge >= 0.3 is 11.9 Å². The van der Waals surface area contributed by atoms with Crippen molar-refractivity contribution in [2.45, 2.75) is 97.3 Å². The molecule has 4 nitrogen and oxygen atoms in total. The average molecular weight is 431 g/mol. The largest absolute Gasteiger partial charge is 0.462 e. The third kappa shape index (κ3) is 13.7. The van der Waals surface area contributed by atoms with Gasteiger partial charge in [0, 0.05) is 0 Å². The molecule has 0 aromatic heterocycles. The first-order valence-electron chi connectivity index (χ1n) is 12.3. The van der Waals surface area contributed by atoms with Gasteiger partial charge in [0.15, 0.2) is 0 Å². The molecule has 0 heterocycles. The van der Waals surface area contributed by atoms with Gasteiger partial charge in [-0.1, -0.05) is 96.3 Å². The van der Waals surface area contributed by atoms with Crippen LogP contribution in [0.3, 0.4) is 0 Å². The quantitative estimate of drug-likeness (QED) is 0.136. The first kappa shape index (κ1) is 26.9. The molecule has 1 aromatic rings. The molecule has 0 amide bonds.